The molecule has 1 aromatic rings. The van der Waals surface area contributed by atoms with E-state index in [1.54, 1.807) is 18.2 Å². The lowest BCUT2D eigenvalue weighted by Crippen LogP contribution is -2.56. The van der Waals surface area contributed by atoms with Gasteiger partial charge in [0.15, 0.2) is 16.6 Å². The van der Waals surface area contributed by atoms with Gasteiger partial charge < -0.3 is 8.85 Å². The van der Waals surface area contributed by atoms with Gasteiger partial charge in [0.2, 0.25) is 0 Å². The fourth-order valence-corrected chi connectivity index (χ4v) is 6.22. The van der Waals surface area contributed by atoms with Crippen LogP contribution in [0, 0.1) is 5.82 Å². The third kappa shape index (κ3) is 9.30. The van der Waals surface area contributed by atoms with E-state index in [4.69, 9.17) is 20.5 Å². The van der Waals surface area contributed by atoms with Crippen LogP contribution in [0.15, 0.2) is 18.2 Å². The molecule has 0 saturated carbocycles. The normalized spacial score (nSPS) is 16.8. The van der Waals surface area contributed by atoms with E-state index in [0.29, 0.717) is 12.2 Å². The van der Waals surface area contributed by atoms with E-state index in [1.807, 2.05) is 20.8 Å². The fourth-order valence-electron chi connectivity index (χ4n) is 2.80. The number of rotatable bonds is 10. The number of nitrogens with one attached hydrogen (secondary N) is 1. The van der Waals surface area contributed by atoms with Crippen molar-refractivity contribution in [1.82, 2.24) is 4.72 Å². The summed E-state index contributed by atoms with van der Waals surface area (Å²) in [5, 5.41) is 0.0831. The van der Waals surface area contributed by atoms with Gasteiger partial charge >= 0.3 is 0 Å². The predicted octanol–water partition coefficient (Wildman–Crippen LogP) is 7.85. The van der Waals surface area contributed by atoms with E-state index in [0.717, 1.165) is 0 Å². The third-order valence-electron chi connectivity index (χ3n) is 7.40. The van der Waals surface area contributed by atoms with Crippen molar-refractivity contribution in [2.75, 3.05) is 6.61 Å². The first-order chi connectivity index (χ1) is 15.5. The summed E-state index contributed by atoms with van der Waals surface area (Å²) in [7, 11) is -5.70. The minimum atomic E-state index is -2.23. The molecule has 0 heterocycles. The second-order valence-electron chi connectivity index (χ2n) is 13.5. The first-order valence-electron chi connectivity index (χ1n) is 12.4. The van der Waals surface area contributed by atoms with Gasteiger partial charge in [-0.2, -0.15) is 0 Å². The molecule has 1 aromatic carbocycles. The van der Waals surface area contributed by atoms with E-state index in [9.17, 15) is 8.60 Å². The SMILES string of the molecule is CC(C)(C)[S@](=O)N[C@@H](Cc1cccc(Cl)c1F)[C@@H](CO[Si](C)(C)C(C)(C)C)O[Si](C)(C)C(C)(C)C. The summed E-state index contributed by atoms with van der Waals surface area (Å²) in [5.74, 6) is -0.445. The summed E-state index contributed by atoms with van der Waals surface area (Å²) < 4.78 is 44.6. The van der Waals surface area contributed by atoms with Crippen LogP contribution in [0.5, 0.6) is 0 Å². The van der Waals surface area contributed by atoms with Crippen LogP contribution in [0.1, 0.15) is 67.9 Å². The molecule has 35 heavy (non-hydrogen) atoms. The molecule has 0 radical (unpaired) electrons. The highest BCUT2D eigenvalue weighted by Gasteiger charge is 2.43. The highest BCUT2D eigenvalue weighted by atomic mass is 35.5. The third-order valence-corrected chi connectivity index (χ3v) is 18.3. The van der Waals surface area contributed by atoms with Crippen molar-refractivity contribution in [1.29, 1.82) is 0 Å². The van der Waals surface area contributed by atoms with E-state index in [2.05, 4.69) is 72.5 Å². The lowest BCUT2D eigenvalue weighted by molar-refractivity contribution is 0.0821. The molecule has 1 rings (SSSR count). The Morgan fingerprint density at radius 2 is 1.49 bits per heavy atom. The van der Waals surface area contributed by atoms with Gasteiger partial charge in [0.1, 0.15) is 5.82 Å². The quantitative estimate of drug-likeness (QED) is 0.294. The summed E-state index contributed by atoms with van der Waals surface area (Å²) >= 11 is 6.09. The first-order valence-corrected chi connectivity index (χ1v) is 19.8. The number of benzene rings is 1. The molecule has 0 aliphatic rings. The average molecular weight is 566 g/mol. The standard InChI is InChI=1S/C26H49ClFNO3SSi2/c1-24(2,3)33(30)29-21(17-19-15-14-16-20(27)23(19)28)22(32-35(12,13)26(7,8)9)18-31-34(10,11)25(4,5)6/h14-16,21-22,29H,17-18H2,1-13H3/t21-,22+,33-/m0/s1. The molecule has 0 bridgehead atoms. The van der Waals surface area contributed by atoms with Crippen molar-refractivity contribution in [2.24, 2.45) is 0 Å². The highest BCUT2D eigenvalue weighted by molar-refractivity contribution is 7.84. The number of halogens is 2. The molecular formula is C26H49ClFNO3SSi2. The lowest BCUT2D eigenvalue weighted by Gasteiger charge is -2.44. The largest absolute Gasteiger partial charge is 0.414 e. The minimum Gasteiger partial charge on any atom is -0.414 e. The first kappa shape index (κ1) is 32.9. The fraction of sp³-hybridized carbons (Fsp3) is 0.769. The average Bonchev–Trinajstić information content (AvgIpc) is 2.65. The molecule has 0 aliphatic carbocycles. The molecule has 0 spiro atoms. The van der Waals surface area contributed by atoms with Crippen LogP contribution in [0.2, 0.25) is 41.3 Å². The van der Waals surface area contributed by atoms with E-state index in [1.165, 1.54) is 0 Å². The van der Waals surface area contributed by atoms with Crippen molar-refractivity contribution >= 4 is 39.2 Å². The number of hydrogen-bond donors (Lipinski definition) is 1. The molecule has 0 amide bonds. The summed E-state index contributed by atoms with van der Waals surface area (Å²) in [6, 6.07) is 4.59. The second kappa shape index (κ2) is 11.7. The summed E-state index contributed by atoms with van der Waals surface area (Å²) in [6.07, 6.45) is -0.122. The summed E-state index contributed by atoms with van der Waals surface area (Å²) in [4.78, 5) is 0. The van der Waals surface area contributed by atoms with E-state index >= 15 is 0 Å². The zero-order valence-corrected chi connectivity index (χ0v) is 27.8. The number of hydrogen-bond acceptors (Lipinski definition) is 3. The maximum absolute atomic E-state index is 15.0. The van der Waals surface area contributed by atoms with Crippen LogP contribution >= 0.6 is 11.6 Å². The highest BCUT2D eigenvalue weighted by Crippen LogP contribution is 2.40. The molecule has 204 valence electrons. The maximum atomic E-state index is 15.0. The molecule has 1 N–H and O–H groups in total. The van der Waals surface area contributed by atoms with Gasteiger partial charge in [-0.3, -0.25) is 0 Å². The Hall–Kier alpha value is -0.0962. The summed E-state index contributed by atoms with van der Waals surface area (Å²) in [5.41, 5.74) is 0.470. The van der Waals surface area contributed by atoms with Crippen molar-refractivity contribution < 1.29 is 17.5 Å². The van der Waals surface area contributed by atoms with Crippen molar-refractivity contribution in [2.45, 2.75) is 122 Å². The molecule has 0 unspecified atom stereocenters. The van der Waals surface area contributed by atoms with Gasteiger partial charge in [-0.15, -0.1) is 0 Å². The molecule has 0 aromatic heterocycles. The molecule has 4 nitrogen and oxygen atoms in total. The zero-order valence-electron chi connectivity index (χ0n) is 24.2. The Morgan fingerprint density at radius 1 is 0.971 bits per heavy atom. The molecule has 0 fully saturated rings. The monoisotopic (exact) mass is 565 g/mol. The molecule has 0 aliphatic heterocycles. The predicted molar refractivity (Wildman–Crippen MR) is 155 cm³/mol. The van der Waals surface area contributed by atoms with Crippen LogP contribution in [0.25, 0.3) is 0 Å². The minimum absolute atomic E-state index is 0.0305. The Bertz CT molecular complexity index is 877. The maximum Gasteiger partial charge on any atom is 0.192 e. The van der Waals surface area contributed by atoms with Gasteiger partial charge in [0.05, 0.1) is 39.5 Å². The smallest absolute Gasteiger partial charge is 0.192 e. The van der Waals surface area contributed by atoms with Gasteiger partial charge in [-0.1, -0.05) is 65.3 Å². The van der Waals surface area contributed by atoms with Crippen molar-refractivity contribution in [3.8, 4) is 0 Å². The van der Waals surface area contributed by atoms with Crippen LogP contribution < -0.4 is 4.72 Å². The topological polar surface area (TPSA) is 47.6 Å². The van der Waals surface area contributed by atoms with Gasteiger partial charge in [0, 0.05) is 0 Å². The van der Waals surface area contributed by atoms with Gasteiger partial charge in [-0.05, 0) is 75.1 Å². The van der Waals surface area contributed by atoms with Crippen molar-refractivity contribution in [3.05, 3.63) is 34.6 Å². The van der Waals surface area contributed by atoms with Gasteiger partial charge in [0.25, 0.3) is 0 Å². The van der Waals surface area contributed by atoms with Crippen molar-refractivity contribution in [3.63, 3.8) is 0 Å². The molecule has 3 atom stereocenters. The van der Waals surface area contributed by atoms with E-state index < -0.39 is 50.3 Å². The second-order valence-corrected chi connectivity index (χ2v) is 25.5. The Kier molecular flexibility index (Phi) is 11.1. The van der Waals surface area contributed by atoms with Crippen LogP contribution in [-0.4, -0.2) is 44.3 Å². The molecular weight excluding hydrogens is 517 g/mol. The van der Waals surface area contributed by atoms with Crippen LogP contribution in [-0.2, 0) is 26.3 Å². The zero-order chi connectivity index (χ0) is 27.6. The Labute approximate surface area is 223 Å². The van der Waals surface area contributed by atoms with E-state index in [-0.39, 0.29) is 21.5 Å². The lowest BCUT2D eigenvalue weighted by atomic mass is 10.0. The van der Waals surface area contributed by atoms with Crippen LogP contribution in [0.4, 0.5) is 4.39 Å². The summed E-state index contributed by atoms with van der Waals surface area (Å²) in [6.45, 7) is 28.1. The van der Waals surface area contributed by atoms with Gasteiger partial charge in [-0.25, -0.2) is 13.3 Å². The Morgan fingerprint density at radius 3 is 1.94 bits per heavy atom. The molecule has 0 saturated heterocycles. The molecule has 9 heteroatoms. The van der Waals surface area contributed by atoms with Crippen LogP contribution in [0.3, 0.4) is 0 Å². The Balaban J connectivity index is 3.51.